The van der Waals surface area contributed by atoms with Crippen LogP contribution in [0.3, 0.4) is 0 Å². The average Bonchev–Trinajstić information content (AvgIpc) is 3.02. The van der Waals surface area contributed by atoms with Crippen LogP contribution >= 0.6 is 0 Å². The Balaban J connectivity index is 1.99. The van der Waals surface area contributed by atoms with Crippen molar-refractivity contribution in [1.29, 1.82) is 0 Å². The SMILES string of the molecule is C[N+](C)(C)Cc1cnc(C(O)(c2ccccc2)C2CCCCC2)o1. The molecular formula is C20H29N2O2+. The van der Waals surface area contributed by atoms with Gasteiger partial charge >= 0.3 is 0 Å². The third kappa shape index (κ3) is 3.55. The molecule has 0 spiro atoms. The van der Waals surface area contributed by atoms with E-state index in [0.29, 0.717) is 5.89 Å². The van der Waals surface area contributed by atoms with E-state index in [1.165, 1.54) is 6.42 Å². The van der Waals surface area contributed by atoms with E-state index in [1.54, 1.807) is 6.20 Å². The fourth-order valence-corrected chi connectivity index (χ4v) is 3.77. The quantitative estimate of drug-likeness (QED) is 0.851. The van der Waals surface area contributed by atoms with Crippen LogP contribution in [0.4, 0.5) is 0 Å². The first-order valence-electron chi connectivity index (χ1n) is 8.93. The topological polar surface area (TPSA) is 46.3 Å². The van der Waals surface area contributed by atoms with Gasteiger partial charge in [-0.05, 0) is 18.4 Å². The van der Waals surface area contributed by atoms with E-state index >= 15 is 0 Å². The molecule has 1 aromatic heterocycles. The van der Waals surface area contributed by atoms with Crippen molar-refractivity contribution in [2.75, 3.05) is 21.1 Å². The predicted molar refractivity (Wildman–Crippen MR) is 94.3 cm³/mol. The average molecular weight is 329 g/mol. The van der Waals surface area contributed by atoms with Gasteiger partial charge < -0.3 is 14.0 Å². The summed E-state index contributed by atoms with van der Waals surface area (Å²) in [6.07, 6.45) is 7.37. The lowest BCUT2D eigenvalue weighted by molar-refractivity contribution is -0.884. The number of benzene rings is 1. The van der Waals surface area contributed by atoms with E-state index in [9.17, 15) is 5.11 Å². The highest BCUT2D eigenvalue weighted by Crippen LogP contribution is 2.43. The van der Waals surface area contributed by atoms with Crippen molar-refractivity contribution >= 4 is 0 Å². The minimum absolute atomic E-state index is 0.157. The first-order valence-corrected chi connectivity index (χ1v) is 8.93. The van der Waals surface area contributed by atoms with E-state index < -0.39 is 5.60 Å². The van der Waals surface area contributed by atoms with E-state index in [0.717, 1.165) is 48.0 Å². The van der Waals surface area contributed by atoms with Crippen LogP contribution in [0.1, 0.15) is 49.3 Å². The van der Waals surface area contributed by atoms with Gasteiger partial charge in [-0.25, -0.2) is 4.98 Å². The smallest absolute Gasteiger partial charge is 0.231 e. The lowest BCUT2D eigenvalue weighted by Crippen LogP contribution is -2.38. The maximum absolute atomic E-state index is 11.7. The maximum Gasteiger partial charge on any atom is 0.231 e. The van der Waals surface area contributed by atoms with Gasteiger partial charge in [0, 0.05) is 5.92 Å². The molecule has 3 rings (SSSR count). The van der Waals surface area contributed by atoms with Crippen molar-refractivity contribution in [3.05, 3.63) is 53.7 Å². The van der Waals surface area contributed by atoms with Gasteiger partial charge in [-0.15, -0.1) is 0 Å². The molecule has 0 saturated heterocycles. The number of quaternary nitrogens is 1. The molecule has 1 fully saturated rings. The highest BCUT2D eigenvalue weighted by Gasteiger charge is 2.44. The van der Waals surface area contributed by atoms with Crippen LogP contribution in [0.2, 0.25) is 0 Å². The molecule has 0 amide bonds. The third-order valence-corrected chi connectivity index (χ3v) is 4.92. The largest absolute Gasteiger partial charge is 0.436 e. The second kappa shape index (κ2) is 6.69. The predicted octanol–water partition coefficient (Wildman–Crippen LogP) is 3.70. The first kappa shape index (κ1) is 17.2. The maximum atomic E-state index is 11.7. The zero-order valence-electron chi connectivity index (χ0n) is 15.0. The lowest BCUT2D eigenvalue weighted by Gasteiger charge is -2.36. The zero-order valence-corrected chi connectivity index (χ0v) is 15.0. The number of oxazole rings is 1. The van der Waals surface area contributed by atoms with Crippen LogP contribution in [0.25, 0.3) is 0 Å². The van der Waals surface area contributed by atoms with E-state index in [4.69, 9.17) is 4.42 Å². The molecule has 0 bridgehead atoms. The Morgan fingerprint density at radius 3 is 2.42 bits per heavy atom. The molecule has 1 heterocycles. The van der Waals surface area contributed by atoms with Crippen LogP contribution in [-0.2, 0) is 12.1 Å². The molecule has 1 aliphatic rings. The molecule has 0 aliphatic heterocycles. The van der Waals surface area contributed by atoms with Crippen molar-refractivity contribution in [3.63, 3.8) is 0 Å². The molecule has 0 radical (unpaired) electrons. The molecule has 4 nitrogen and oxygen atoms in total. The Morgan fingerprint density at radius 2 is 1.79 bits per heavy atom. The van der Waals surface area contributed by atoms with Gasteiger partial charge in [0.15, 0.2) is 11.4 Å². The van der Waals surface area contributed by atoms with Crippen LogP contribution in [-0.4, -0.2) is 35.7 Å². The van der Waals surface area contributed by atoms with Gasteiger partial charge in [-0.3, -0.25) is 0 Å². The summed E-state index contributed by atoms with van der Waals surface area (Å²) >= 11 is 0. The Morgan fingerprint density at radius 1 is 1.12 bits per heavy atom. The summed E-state index contributed by atoms with van der Waals surface area (Å²) in [6.45, 7) is 0.753. The van der Waals surface area contributed by atoms with Crippen molar-refractivity contribution in [1.82, 2.24) is 4.98 Å². The molecule has 130 valence electrons. The summed E-state index contributed by atoms with van der Waals surface area (Å²) in [6, 6.07) is 9.89. The summed E-state index contributed by atoms with van der Waals surface area (Å²) in [5.74, 6) is 1.43. The Kier molecular flexibility index (Phi) is 4.79. The van der Waals surface area contributed by atoms with Crippen molar-refractivity contribution in [2.45, 2.75) is 44.2 Å². The van der Waals surface area contributed by atoms with Crippen molar-refractivity contribution < 1.29 is 14.0 Å². The fraction of sp³-hybridized carbons (Fsp3) is 0.550. The van der Waals surface area contributed by atoms with Crippen molar-refractivity contribution in [3.8, 4) is 0 Å². The van der Waals surface area contributed by atoms with Crippen LogP contribution in [0.15, 0.2) is 40.9 Å². The molecule has 24 heavy (non-hydrogen) atoms. The standard InChI is InChI=1S/C20H29N2O2/c1-22(2,3)15-18-14-21-19(24-18)20(23,16-10-6-4-7-11-16)17-12-8-5-9-13-17/h4,6-7,10-11,14,17,23H,5,8-9,12-13,15H2,1-3H3/q+1. The summed E-state index contributed by atoms with van der Waals surface area (Å²) in [5.41, 5.74) is -0.249. The summed E-state index contributed by atoms with van der Waals surface area (Å²) in [4.78, 5) is 4.50. The van der Waals surface area contributed by atoms with Crippen LogP contribution < -0.4 is 0 Å². The molecule has 4 heteroatoms. The number of nitrogens with zero attached hydrogens (tertiary/aromatic N) is 2. The van der Waals surface area contributed by atoms with Gasteiger partial charge in [0.05, 0.1) is 27.3 Å². The number of hydrogen-bond donors (Lipinski definition) is 1. The lowest BCUT2D eigenvalue weighted by atomic mass is 9.73. The van der Waals surface area contributed by atoms with Crippen molar-refractivity contribution in [2.24, 2.45) is 5.92 Å². The normalized spacial score (nSPS) is 19.2. The summed E-state index contributed by atoms with van der Waals surface area (Å²) in [5, 5.41) is 11.7. The molecule has 1 aliphatic carbocycles. The fourth-order valence-electron chi connectivity index (χ4n) is 3.77. The van der Waals surface area contributed by atoms with Crippen LogP contribution in [0, 0.1) is 5.92 Å². The van der Waals surface area contributed by atoms with E-state index in [1.807, 2.05) is 30.3 Å². The number of aliphatic hydroxyl groups is 1. The molecule has 1 aromatic carbocycles. The highest BCUT2D eigenvalue weighted by atomic mass is 16.4. The number of rotatable bonds is 5. The summed E-state index contributed by atoms with van der Waals surface area (Å²) in [7, 11) is 6.35. The molecule has 1 unspecified atom stereocenters. The van der Waals surface area contributed by atoms with E-state index in [-0.39, 0.29) is 5.92 Å². The first-order chi connectivity index (χ1) is 11.4. The summed E-state index contributed by atoms with van der Waals surface area (Å²) < 4.78 is 6.82. The number of aromatic nitrogens is 1. The second-order valence-electron chi connectivity index (χ2n) is 8.05. The third-order valence-electron chi connectivity index (χ3n) is 4.92. The second-order valence-corrected chi connectivity index (χ2v) is 8.05. The van der Waals surface area contributed by atoms with Gasteiger partial charge in [0.2, 0.25) is 5.89 Å². The minimum atomic E-state index is -1.13. The highest BCUT2D eigenvalue weighted by molar-refractivity contribution is 5.30. The Bertz CT molecular complexity index is 654. The van der Waals surface area contributed by atoms with E-state index in [2.05, 4.69) is 26.1 Å². The Hall–Kier alpha value is -1.65. The van der Waals surface area contributed by atoms with Gasteiger partial charge in [0.25, 0.3) is 0 Å². The number of hydrogen-bond acceptors (Lipinski definition) is 3. The monoisotopic (exact) mass is 329 g/mol. The molecule has 1 N–H and O–H groups in total. The van der Waals surface area contributed by atoms with Gasteiger partial charge in [-0.1, -0.05) is 49.6 Å². The molecular weight excluding hydrogens is 300 g/mol. The van der Waals surface area contributed by atoms with Crippen LogP contribution in [0.5, 0.6) is 0 Å². The minimum Gasteiger partial charge on any atom is -0.436 e. The molecule has 1 atom stereocenters. The zero-order chi connectivity index (χ0) is 17.2. The molecule has 1 saturated carbocycles. The Labute approximate surface area is 144 Å². The van der Waals surface area contributed by atoms with Gasteiger partial charge in [-0.2, -0.15) is 0 Å². The molecule has 2 aromatic rings. The van der Waals surface area contributed by atoms with Gasteiger partial charge in [0.1, 0.15) is 6.54 Å².